The number of carbonyl (C=O) groups excluding carboxylic acids is 1. The number of hydrogen-bond donors (Lipinski definition) is 1. The molecule has 1 aromatic heterocycles. The number of nitrogens with one attached hydrogen (secondary N) is 1. The highest BCUT2D eigenvalue weighted by atomic mass is 32.1. The van der Waals surface area contributed by atoms with Crippen molar-refractivity contribution in [1.82, 2.24) is 4.98 Å². The smallest absolute Gasteiger partial charge is 0.337 e. The lowest BCUT2D eigenvalue weighted by atomic mass is 10.1. The Morgan fingerprint density at radius 2 is 1.57 bits per heavy atom. The number of aromatic nitrogens is 1. The summed E-state index contributed by atoms with van der Waals surface area (Å²) < 4.78 is 4.71. The molecule has 30 heavy (non-hydrogen) atoms. The minimum absolute atomic E-state index is 0.360. The predicted octanol–water partition coefficient (Wildman–Crippen LogP) is 5.71. The second kappa shape index (κ2) is 9.15. The third kappa shape index (κ3) is 4.45. The number of esters is 1. The Morgan fingerprint density at radius 3 is 2.20 bits per heavy atom. The van der Waals surface area contributed by atoms with Crippen molar-refractivity contribution < 1.29 is 9.53 Å². The quantitative estimate of drug-likeness (QED) is 0.250. The van der Waals surface area contributed by atoms with Gasteiger partial charge in [0.25, 0.3) is 0 Å². The molecule has 0 radical (unpaired) electrons. The van der Waals surface area contributed by atoms with Gasteiger partial charge in [0.05, 0.1) is 29.5 Å². The zero-order valence-electron chi connectivity index (χ0n) is 16.3. The molecule has 0 saturated heterocycles. The molecule has 0 aliphatic carbocycles. The van der Waals surface area contributed by atoms with Gasteiger partial charge in [-0.15, -0.1) is 0 Å². The summed E-state index contributed by atoms with van der Waals surface area (Å²) in [5.74, 6) is -0.360. The van der Waals surface area contributed by atoms with Crippen LogP contribution in [0.15, 0.2) is 90.0 Å². The van der Waals surface area contributed by atoms with Crippen LogP contribution in [0.4, 0.5) is 5.13 Å². The van der Waals surface area contributed by atoms with Gasteiger partial charge in [-0.1, -0.05) is 84.1 Å². The Kier molecular flexibility index (Phi) is 5.96. The molecule has 0 aliphatic rings. The van der Waals surface area contributed by atoms with E-state index in [0.29, 0.717) is 10.7 Å². The molecule has 0 amide bonds. The number of benzene rings is 3. The van der Waals surface area contributed by atoms with E-state index in [4.69, 9.17) is 9.72 Å². The Labute approximate surface area is 178 Å². The number of rotatable bonds is 6. The van der Waals surface area contributed by atoms with Crippen molar-refractivity contribution in [1.29, 1.82) is 0 Å². The molecule has 3 aromatic carbocycles. The molecule has 0 bridgehead atoms. The van der Waals surface area contributed by atoms with Gasteiger partial charge >= 0.3 is 5.97 Å². The molecule has 1 N–H and O–H groups in total. The van der Waals surface area contributed by atoms with E-state index in [1.165, 1.54) is 7.11 Å². The van der Waals surface area contributed by atoms with Crippen LogP contribution in [-0.2, 0) is 4.74 Å². The normalized spacial score (nSPS) is 10.8. The summed E-state index contributed by atoms with van der Waals surface area (Å²) >= 11 is 1.55. The number of carbonyl (C=O) groups is 1. The van der Waals surface area contributed by atoms with E-state index < -0.39 is 0 Å². The third-order valence-electron chi connectivity index (χ3n) is 4.42. The fourth-order valence-electron chi connectivity index (χ4n) is 2.93. The first kappa shape index (κ1) is 19.5. The van der Waals surface area contributed by atoms with Gasteiger partial charge in [0.1, 0.15) is 0 Å². The Bertz CT molecular complexity index is 1100. The minimum Gasteiger partial charge on any atom is -0.465 e. The fraction of sp³-hybridized carbons (Fsp3) is 0.0417. The molecule has 0 aliphatic heterocycles. The molecule has 0 fully saturated rings. The highest BCUT2D eigenvalue weighted by molar-refractivity contribution is 7.19. The summed E-state index contributed by atoms with van der Waals surface area (Å²) in [6.07, 6.45) is 1.69. The van der Waals surface area contributed by atoms with Gasteiger partial charge in [-0.25, -0.2) is 9.78 Å². The molecular formula is C24H19N3O2S. The molecule has 0 unspecified atom stereocenters. The molecule has 5 nitrogen and oxygen atoms in total. The topological polar surface area (TPSA) is 63.6 Å². The molecular weight excluding hydrogens is 394 g/mol. The Hall–Kier alpha value is -3.77. The lowest BCUT2D eigenvalue weighted by Crippen LogP contribution is -2.00. The van der Waals surface area contributed by atoms with Crippen molar-refractivity contribution in [3.63, 3.8) is 0 Å². The molecule has 148 valence electrons. The third-order valence-corrected chi connectivity index (χ3v) is 5.43. The first-order valence-electron chi connectivity index (χ1n) is 9.34. The number of thiazole rings is 1. The SMILES string of the molecule is COC(=O)c1ccc(/C=N\Nc2nc(-c3ccccc3)c(-c3ccccc3)s2)cc1. The summed E-state index contributed by atoms with van der Waals surface area (Å²) in [6.45, 7) is 0. The number of anilines is 1. The van der Waals surface area contributed by atoms with Crippen molar-refractivity contribution in [2.24, 2.45) is 5.10 Å². The molecule has 4 aromatic rings. The number of ether oxygens (including phenoxy) is 1. The number of hydrazone groups is 1. The summed E-state index contributed by atoms with van der Waals surface area (Å²) in [5.41, 5.74) is 7.49. The maximum absolute atomic E-state index is 11.5. The maximum Gasteiger partial charge on any atom is 0.337 e. The first-order chi connectivity index (χ1) is 14.7. The van der Waals surface area contributed by atoms with Crippen LogP contribution in [0, 0.1) is 0 Å². The van der Waals surface area contributed by atoms with Crippen molar-refractivity contribution >= 4 is 28.7 Å². The van der Waals surface area contributed by atoms with Crippen molar-refractivity contribution in [2.75, 3.05) is 12.5 Å². The molecule has 1 heterocycles. The van der Waals surface area contributed by atoms with Crippen LogP contribution in [0.2, 0.25) is 0 Å². The minimum atomic E-state index is -0.360. The van der Waals surface area contributed by atoms with Crippen molar-refractivity contribution in [2.45, 2.75) is 0 Å². The summed E-state index contributed by atoms with van der Waals surface area (Å²) in [6, 6.07) is 27.3. The highest BCUT2D eigenvalue weighted by Gasteiger charge is 2.14. The first-order valence-corrected chi connectivity index (χ1v) is 10.2. The average molecular weight is 414 g/mol. The van der Waals surface area contributed by atoms with Gasteiger partial charge in [-0.3, -0.25) is 5.43 Å². The molecule has 6 heteroatoms. The molecule has 0 saturated carbocycles. The second-order valence-electron chi connectivity index (χ2n) is 6.41. The van der Waals surface area contributed by atoms with Crippen LogP contribution in [0.3, 0.4) is 0 Å². The fourth-order valence-corrected chi connectivity index (χ4v) is 3.87. The van der Waals surface area contributed by atoms with E-state index in [9.17, 15) is 4.79 Å². The Morgan fingerprint density at radius 1 is 0.933 bits per heavy atom. The lowest BCUT2D eigenvalue weighted by molar-refractivity contribution is 0.0600. The second-order valence-corrected chi connectivity index (χ2v) is 7.41. The van der Waals surface area contributed by atoms with Gasteiger partial charge in [0, 0.05) is 5.56 Å². The van der Waals surface area contributed by atoms with Crippen molar-refractivity contribution in [3.8, 4) is 21.7 Å². The molecule has 4 rings (SSSR count). The summed E-state index contributed by atoms with van der Waals surface area (Å²) in [5, 5.41) is 5.01. The number of nitrogens with zero attached hydrogens (tertiary/aromatic N) is 2. The zero-order valence-corrected chi connectivity index (χ0v) is 17.1. The van der Waals surface area contributed by atoms with E-state index in [2.05, 4.69) is 34.8 Å². The predicted molar refractivity (Wildman–Crippen MR) is 122 cm³/mol. The molecule has 0 spiro atoms. The van der Waals surface area contributed by atoms with Crippen LogP contribution in [0.25, 0.3) is 21.7 Å². The van der Waals surface area contributed by atoms with Crippen LogP contribution in [0.5, 0.6) is 0 Å². The van der Waals surface area contributed by atoms with Crippen molar-refractivity contribution in [3.05, 3.63) is 96.1 Å². The largest absolute Gasteiger partial charge is 0.465 e. The van der Waals surface area contributed by atoms with Gasteiger partial charge in [-0.05, 0) is 23.3 Å². The Balaban J connectivity index is 1.57. The highest BCUT2D eigenvalue weighted by Crippen LogP contribution is 2.38. The maximum atomic E-state index is 11.5. The van der Waals surface area contributed by atoms with E-state index in [1.807, 2.05) is 48.5 Å². The molecule has 0 atom stereocenters. The summed E-state index contributed by atoms with van der Waals surface area (Å²) in [4.78, 5) is 17.4. The average Bonchev–Trinajstić information content (AvgIpc) is 3.24. The summed E-state index contributed by atoms with van der Waals surface area (Å²) in [7, 11) is 1.36. The van der Waals surface area contributed by atoms with Gasteiger partial charge in [0.2, 0.25) is 5.13 Å². The van der Waals surface area contributed by atoms with Gasteiger partial charge in [-0.2, -0.15) is 5.10 Å². The van der Waals surface area contributed by atoms with Crippen LogP contribution < -0.4 is 5.43 Å². The van der Waals surface area contributed by atoms with E-state index in [1.54, 1.807) is 29.7 Å². The van der Waals surface area contributed by atoms with E-state index in [0.717, 1.165) is 27.3 Å². The van der Waals surface area contributed by atoms with Gasteiger partial charge < -0.3 is 4.74 Å². The number of methoxy groups -OCH3 is 1. The van der Waals surface area contributed by atoms with E-state index >= 15 is 0 Å². The van der Waals surface area contributed by atoms with Crippen LogP contribution >= 0.6 is 11.3 Å². The van der Waals surface area contributed by atoms with Crippen LogP contribution in [-0.4, -0.2) is 24.3 Å². The monoisotopic (exact) mass is 413 g/mol. The van der Waals surface area contributed by atoms with E-state index in [-0.39, 0.29) is 5.97 Å². The standard InChI is InChI=1S/C24H19N3O2S/c1-29-23(28)20-14-12-17(13-15-20)16-25-27-24-26-21(18-8-4-2-5-9-18)22(30-24)19-10-6-3-7-11-19/h2-16H,1H3,(H,26,27)/b25-16-. The van der Waals surface area contributed by atoms with Gasteiger partial charge in [0.15, 0.2) is 0 Å². The zero-order chi connectivity index (χ0) is 20.8. The lowest BCUT2D eigenvalue weighted by Gasteiger charge is -2.02. The number of hydrogen-bond acceptors (Lipinski definition) is 6. The van der Waals surface area contributed by atoms with Crippen LogP contribution in [0.1, 0.15) is 15.9 Å².